The fourth-order valence-corrected chi connectivity index (χ4v) is 4.80. The topological polar surface area (TPSA) is 58.6 Å². The van der Waals surface area contributed by atoms with Gasteiger partial charge in [-0.05, 0) is 72.6 Å². The number of rotatable bonds is 8. The van der Waals surface area contributed by atoms with E-state index in [1.165, 1.54) is 21.9 Å². The van der Waals surface area contributed by atoms with E-state index in [2.05, 4.69) is 66.8 Å². The van der Waals surface area contributed by atoms with Gasteiger partial charge in [0.05, 0.1) is 0 Å². The molecule has 1 aliphatic rings. The van der Waals surface area contributed by atoms with Crippen molar-refractivity contribution in [2.75, 3.05) is 0 Å². The zero-order valence-electron chi connectivity index (χ0n) is 18.3. The van der Waals surface area contributed by atoms with Crippen molar-refractivity contribution < 1.29 is 14.6 Å². The van der Waals surface area contributed by atoms with E-state index in [0.717, 1.165) is 19.3 Å². The minimum absolute atomic E-state index is 0.299. The summed E-state index contributed by atoms with van der Waals surface area (Å²) in [6, 6.07) is 23.9. The Labute approximate surface area is 184 Å². The Morgan fingerprint density at radius 3 is 2.55 bits per heavy atom. The predicted octanol–water partition coefficient (Wildman–Crippen LogP) is 6.07. The fraction of sp³-hybridized carbons (Fsp3) is 0.370. The summed E-state index contributed by atoms with van der Waals surface area (Å²) in [5.74, 6) is 0.222. The molecule has 0 heterocycles. The number of carboxylic acids is 1. The Morgan fingerprint density at radius 1 is 1.06 bits per heavy atom. The summed E-state index contributed by atoms with van der Waals surface area (Å²) in [6.45, 7) is 4.08. The molecule has 2 N–H and O–H groups in total. The van der Waals surface area contributed by atoms with Crippen molar-refractivity contribution in [3.8, 4) is 5.75 Å². The number of fused-ring (bicyclic) bond motifs is 1. The average Bonchev–Trinajstić information content (AvgIpc) is 3.25. The van der Waals surface area contributed by atoms with Crippen LogP contribution in [-0.2, 0) is 4.79 Å². The van der Waals surface area contributed by atoms with Gasteiger partial charge in [0.1, 0.15) is 5.75 Å². The summed E-state index contributed by atoms with van der Waals surface area (Å²) in [6.07, 6.45) is 3.09. The van der Waals surface area contributed by atoms with Crippen LogP contribution in [0.1, 0.15) is 62.6 Å². The number of carboxylic acid groups (broad SMARTS) is 1. The maximum atomic E-state index is 11.2. The number of hydrogen-bond donors (Lipinski definition) is 2. The van der Waals surface area contributed by atoms with Crippen molar-refractivity contribution in [2.24, 2.45) is 0 Å². The Balaban J connectivity index is 1.37. The number of carbonyl (C=O) groups is 1. The lowest BCUT2D eigenvalue weighted by atomic mass is 9.96. The van der Waals surface area contributed by atoms with Crippen molar-refractivity contribution in [1.82, 2.24) is 5.32 Å². The molecule has 1 unspecified atom stereocenters. The summed E-state index contributed by atoms with van der Waals surface area (Å²) in [4.78, 5) is 11.2. The van der Waals surface area contributed by atoms with E-state index in [9.17, 15) is 9.90 Å². The summed E-state index contributed by atoms with van der Waals surface area (Å²) in [5, 5.41) is 15.6. The maximum Gasteiger partial charge on any atom is 0.344 e. The molecular formula is C27H31NO3. The van der Waals surface area contributed by atoms with Crippen LogP contribution >= 0.6 is 0 Å². The molecular weight excluding hydrogens is 386 g/mol. The van der Waals surface area contributed by atoms with Crippen LogP contribution in [0.4, 0.5) is 0 Å². The minimum atomic E-state index is -0.920. The number of aliphatic carboxylic acids is 1. The van der Waals surface area contributed by atoms with E-state index in [0.29, 0.717) is 30.2 Å². The molecule has 1 saturated carbocycles. The standard InChI is InChI=1S/C27H31NO3/c1-3-26(27(29)30)31-23-15-12-19(13-16-23)21-11-14-22(17-21)28-18(2)24-10-6-8-20-7-4-5-9-25(20)24/h4-10,12-13,15-16,18,21-22,26,28H,3,11,14,17H2,1-2H3,(H,29,30)/t18-,21-,22+,26?/m1/s1. The third-order valence-corrected chi connectivity index (χ3v) is 6.48. The highest BCUT2D eigenvalue weighted by atomic mass is 16.5. The molecule has 0 aliphatic heterocycles. The van der Waals surface area contributed by atoms with Gasteiger partial charge in [-0.3, -0.25) is 0 Å². The third kappa shape index (κ3) is 4.91. The Hall–Kier alpha value is -2.85. The first kappa shape index (κ1) is 21.4. The molecule has 3 aromatic rings. The van der Waals surface area contributed by atoms with E-state index in [1.54, 1.807) is 0 Å². The van der Waals surface area contributed by atoms with Crippen molar-refractivity contribution >= 4 is 16.7 Å². The van der Waals surface area contributed by atoms with Gasteiger partial charge in [0.25, 0.3) is 0 Å². The fourth-order valence-electron chi connectivity index (χ4n) is 4.80. The van der Waals surface area contributed by atoms with Crippen LogP contribution in [0.5, 0.6) is 5.75 Å². The molecule has 4 heteroatoms. The van der Waals surface area contributed by atoms with Gasteiger partial charge < -0.3 is 15.2 Å². The number of hydrogen-bond acceptors (Lipinski definition) is 3. The average molecular weight is 418 g/mol. The Morgan fingerprint density at radius 2 is 1.81 bits per heavy atom. The lowest BCUT2D eigenvalue weighted by molar-refractivity contribution is -0.145. The van der Waals surface area contributed by atoms with Gasteiger partial charge in [-0.25, -0.2) is 4.79 Å². The molecule has 162 valence electrons. The van der Waals surface area contributed by atoms with Gasteiger partial charge in [0.15, 0.2) is 6.10 Å². The van der Waals surface area contributed by atoms with Crippen LogP contribution in [-0.4, -0.2) is 23.2 Å². The van der Waals surface area contributed by atoms with E-state index in [4.69, 9.17) is 4.74 Å². The van der Waals surface area contributed by atoms with E-state index in [-0.39, 0.29) is 0 Å². The minimum Gasteiger partial charge on any atom is -0.479 e. The molecule has 0 bridgehead atoms. The van der Waals surface area contributed by atoms with Gasteiger partial charge in [-0.1, -0.05) is 61.5 Å². The van der Waals surface area contributed by atoms with Crippen LogP contribution in [0.3, 0.4) is 0 Å². The molecule has 0 amide bonds. The van der Waals surface area contributed by atoms with Crippen molar-refractivity contribution in [1.29, 1.82) is 0 Å². The molecule has 4 rings (SSSR count). The van der Waals surface area contributed by atoms with Crippen LogP contribution in [0.25, 0.3) is 10.8 Å². The number of ether oxygens (including phenoxy) is 1. The molecule has 4 atom stereocenters. The van der Waals surface area contributed by atoms with Crippen LogP contribution < -0.4 is 10.1 Å². The molecule has 0 aromatic heterocycles. The second-order valence-electron chi connectivity index (χ2n) is 8.59. The predicted molar refractivity (Wildman–Crippen MR) is 125 cm³/mol. The lowest BCUT2D eigenvalue weighted by Crippen LogP contribution is -2.29. The zero-order valence-corrected chi connectivity index (χ0v) is 18.3. The van der Waals surface area contributed by atoms with Crippen molar-refractivity contribution in [3.05, 3.63) is 77.9 Å². The molecule has 0 spiro atoms. The highest BCUT2D eigenvalue weighted by molar-refractivity contribution is 5.86. The summed E-state index contributed by atoms with van der Waals surface area (Å²) >= 11 is 0. The number of benzene rings is 3. The Bertz CT molecular complexity index is 1020. The third-order valence-electron chi connectivity index (χ3n) is 6.48. The first-order valence-corrected chi connectivity index (χ1v) is 11.3. The Kier molecular flexibility index (Phi) is 6.57. The van der Waals surface area contributed by atoms with Gasteiger partial charge in [0, 0.05) is 12.1 Å². The SMILES string of the molecule is CCC(Oc1ccc([C@@H]2CC[C@H](N[C@H](C)c3cccc4ccccc34)C2)cc1)C(=O)O. The van der Waals surface area contributed by atoms with Crippen LogP contribution in [0.15, 0.2) is 66.7 Å². The molecule has 4 nitrogen and oxygen atoms in total. The van der Waals surface area contributed by atoms with Crippen molar-refractivity contribution in [2.45, 2.75) is 63.6 Å². The highest BCUT2D eigenvalue weighted by Gasteiger charge is 2.27. The second kappa shape index (κ2) is 9.52. The normalized spacial score (nSPS) is 20.5. The second-order valence-corrected chi connectivity index (χ2v) is 8.59. The highest BCUT2D eigenvalue weighted by Crippen LogP contribution is 2.36. The zero-order chi connectivity index (χ0) is 21.8. The van der Waals surface area contributed by atoms with Gasteiger partial charge in [0.2, 0.25) is 0 Å². The van der Waals surface area contributed by atoms with Gasteiger partial charge in [-0.2, -0.15) is 0 Å². The molecule has 3 aromatic carbocycles. The van der Waals surface area contributed by atoms with Gasteiger partial charge in [-0.15, -0.1) is 0 Å². The largest absolute Gasteiger partial charge is 0.479 e. The first-order chi connectivity index (χ1) is 15.0. The molecule has 31 heavy (non-hydrogen) atoms. The summed E-state index contributed by atoms with van der Waals surface area (Å²) in [5.41, 5.74) is 2.66. The van der Waals surface area contributed by atoms with E-state index >= 15 is 0 Å². The smallest absolute Gasteiger partial charge is 0.344 e. The maximum absolute atomic E-state index is 11.2. The molecule has 0 saturated heterocycles. The summed E-state index contributed by atoms with van der Waals surface area (Å²) < 4.78 is 5.59. The van der Waals surface area contributed by atoms with E-state index < -0.39 is 12.1 Å². The van der Waals surface area contributed by atoms with Gasteiger partial charge >= 0.3 is 5.97 Å². The molecule has 0 radical (unpaired) electrons. The monoisotopic (exact) mass is 417 g/mol. The van der Waals surface area contributed by atoms with E-state index in [1.807, 2.05) is 19.1 Å². The van der Waals surface area contributed by atoms with Crippen LogP contribution in [0, 0.1) is 0 Å². The van der Waals surface area contributed by atoms with Crippen LogP contribution in [0.2, 0.25) is 0 Å². The van der Waals surface area contributed by atoms with Crippen molar-refractivity contribution in [3.63, 3.8) is 0 Å². The lowest BCUT2D eigenvalue weighted by Gasteiger charge is -2.22. The first-order valence-electron chi connectivity index (χ1n) is 11.3. The quantitative estimate of drug-likeness (QED) is 0.467. The molecule has 1 aliphatic carbocycles. The summed E-state index contributed by atoms with van der Waals surface area (Å²) in [7, 11) is 0. The molecule has 1 fully saturated rings. The number of nitrogens with one attached hydrogen (secondary N) is 1.